The Morgan fingerprint density at radius 1 is 0.630 bits per heavy atom. The molecule has 0 unspecified atom stereocenters. The summed E-state index contributed by atoms with van der Waals surface area (Å²) in [4.78, 5) is 4.90. The molecule has 0 N–H and O–H groups in total. The molecular weight excluding hydrogens is 639 g/mol. The maximum absolute atomic E-state index is 7.79. The summed E-state index contributed by atoms with van der Waals surface area (Å²) in [5, 5.41) is 3.03. The van der Waals surface area contributed by atoms with Gasteiger partial charge in [0.15, 0.2) is 10.8 Å². The largest absolute Gasteiger partial charge is 0.482 e. The van der Waals surface area contributed by atoms with E-state index in [1.807, 2.05) is 0 Å². The van der Waals surface area contributed by atoms with Gasteiger partial charge in [0.1, 0.15) is 12.2 Å². The Bertz CT molecular complexity index is 1050. The second kappa shape index (κ2) is 16.6. The van der Waals surface area contributed by atoms with E-state index in [1.54, 1.807) is 11.3 Å². The van der Waals surface area contributed by atoms with Crippen molar-refractivity contribution in [3.8, 4) is 0 Å². The van der Waals surface area contributed by atoms with Crippen LogP contribution in [-0.2, 0) is 18.0 Å². The molecule has 0 aromatic carbocycles. The second-order valence-corrected chi connectivity index (χ2v) is 34.0. The Balaban J connectivity index is 2.89. The average molecular weight is 712 g/mol. The van der Waals surface area contributed by atoms with Crippen LogP contribution in [-0.4, -0.2) is 54.9 Å². The van der Waals surface area contributed by atoms with Crippen molar-refractivity contribution in [2.75, 3.05) is 6.61 Å². The SMILES string of the molecule is Cc1csc(C2=C[C@@H](O[Si](C(C)C)(C(C)C)C(C)C)[C@H](O[Si](C(C)C)(C(C)C)C(C)C)[C@@H](CO[Si](C(C)C)(C(C)C)C(C)C)O2)n1. The van der Waals surface area contributed by atoms with Gasteiger partial charge in [-0.3, -0.25) is 0 Å². The predicted octanol–water partition coefficient (Wildman–Crippen LogP) is 12.5. The standard InChI is InChI=1S/C37H73NO4SSi3/c1-23(2)44(24(3)4,25(5)6)39-21-35-36(42-46(29(13)14,30(15)16)31(17)18)33(20-34(40-35)37-38-32(19)22-43-37)41-45(26(7)8,27(9)10)28(11)12/h20,22-31,33,35-36H,21H2,1-19H3/t33-,35-,36+/m1/s1. The van der Waals surface area contributed by atoms with Gasteiger partial charge >= 0.3 is 0 Å². The fraction of sp³-hybridized carbons (Fsp3) is 0.865. The van der Waals surface area contributed by atoms with Crippen LogP contribution in [0.4, 0.5) is 0 Å². The number of aryl methyl sites for hydroxylation is 1. The Morgan fingerprint density at radius 2 is 1.02 bits per heavy atom. The molecule has 268 valence electrons. The molecule has 0 amide bonds. The van der Waals surface area contributed by atoms with Crippen LogP contribution in [0.1, 0.15) is 135 Å². The van der Waals surface area contributed by atoms with E-state index in [-0.39, 0.29) is 18.3 Å². The van der Waals surface area contributed by atoms with Crippen LogP contribution in [0.5, 0.6) is 0 Å². The number of ether oxygens (including phenoxy) is 1. The number of rotatable bonds is 17. The van der Waals surface area contributed by atoms with E-state index < -0.39 is 25.0 Å². The van der Waals surface area contributed by atoms with Gasteiger partial charge in [-0.2, -0.15) is 0 Å². The molecule has 1 aliphatic heterocycles. The van der Waals surface area contributed by atoms with Crippen molar-refractivity contribution in [1.29, 1.82) is 0 Å². The van der Waals surface area contributed by atoms with Gasteiger partial charge in [0.25, 0.3) is 0 Å². The minimum absolute atomic E-state index is 0.239. The van der Waals surface area contributed by atoms with Gasteiger partial charge in [0.2, 0.25) is 25.0 Å². The highest BCUT2D eigenvalue weighted by Crippen LogP contribution is 2.49. The van der Waals surface area contributed by atoms with Crippen LogP contribution in [0.2, 0.25) is 49.9 Å². The van der Waals surface area contributed by atoms with E-state index in [2.05, 4.69) is 143 Å². The molecular formula is C37H73NO4SSi3. The summed E-state index contributed by atoms with van der Waals surface area (Å²) in [6, 6.07) is 0. The lowest BCUT2D eigenvalue weighted by atomic mass is 10.0. The quantitative estimate of drug-likeness (QED) is 0.151. The van der Waals surface area contributed by atoms with Gasteiger partial charge in [-0.1, -0.05) is 125 Å². The Kier molecular flexibility index (Phi) is 15.1. The van der Waals surface area contributed by atoms with Crippen LogP contribution in [0.3, 0.4) is 0 Å². The Labute approximate surface area is 292 Å². The van der Waals surface area contributed by atoms with Crippen molar-refractivity contribution >= 4 is 42.0 Å². The van der Waals surface area contributed by atoms with E-state index in [0.29, 0.717) is 56.5 Å². The summed E-state index contributed by atoms with van der Waals surface area (Å²) in [7, 11) is -6.79. The van der Waals surface area contributed by atoms with Crippen molar-refractivity contribution in [2.45, 2.75) is 200 Å². The lowest BCUT2D eigenvalue weighted by Crippen LogP contribution is -2.61. The molecule has 0 aliphatic carbocycles. The zero-order valence-electron chi connectivity index (χ0n) is 33.3. The van der Waals surface area contributed by atoms with Gasteiger partial charge in [-0.25, -0.2) is 4.98 Å². The summed E-state index contributed by atoms with van der Waals surface area (Å²) in [5.74, 6) is 0.826. The fourth-order valence-corrected chi connectivity index (χ4v) is 27.0. The lowest BCUT2D eigenvalue weighted by Gasteiger charge is -2.52. The van der Waals surface area contributed by atoms with Gasteiger partial charge in [0.05, 0.1) is 12.7 Å². The van der Waals surface area contributed by atoms with Gasteiger partial charge in [0, 0.05) is 11.1 Å². The highest BCUT2D eigenvalue weighted by atomic mass is 32.1. The third-order valence-corrected chi connectivity index (χ3v) is 30.7. The summed E-state index contributed by atoms with van der Waals surface area (Å²) < 4.78 is 30.0. The first-order valence-electron chi connectivity index (χ1n) is 18.4. The van der Waals surface area contributed by atoms with Crippen LogP contribution >= 0.6 is 11.3 Å². The molecule has 3 atom stereocenters. The first kappa shape index (κ1) is 41.9. The maximum Gasteiger partial charge on any atom is 0.201 e. The number of thiazole rings is 1. The predicted molar refractivity (Wildman–Crippen MR) is 209 cm³/mol. The molecule has 5 nitrogen and oxygen atoms in total. The van der Waals surface area contributed by atoms with Crippen LogP contribution in [0.25, 0.3) is 5.76 Å². The number of nitrogens with zero attached hydrogens (tertiary/aromatic N) is 1. The van der Waals surface area contributed by atoms with Gasteiger partial charge < -0.3 is 18.0 Å². The number of hydrogen-bond donors (Lipinski definition) is 0. The molecule has 0 spiro atoms. The zero-order valence-corrected chi connectivity index (χ0v) is 37.1. The van der Waals surface area contributed by atoms with Crippen molar-refractivity contribution < 1.29 is 18.0 Å². The normalized spacial score (nSPS) is 20.5. The second-order valence-electron chi connectivity index (χ2n) is 16.9. The highest BCUT2D eigenvalue weighted by Gasteiger charge is 2.55. The molecule has 0 bridgehead atoms. The molecule has 2 heterocycles. The van der Waals surface area contributed by atoms with Crippen molar-refractivity contribution in [1.82, 2.24) is 4.98 Å². The Morgan fingerprint density at radius 3 is 1.37 bits per heavy atom. The van der Waals surface area contributed by atoms with Crippen LogP contribution in [0.15, 0.2) is 11.5 Å². The molecule has 0 saturated heterocycles. The Hall–Kier alpha value is -0.299. The van der Waals surface area contributed by atoms with Crippen molar-refractivity contribution in [2.24, 2.45) is 0 Å². The molecule has 1 aromatic rings. The maximum atomic E-state index is 7.79. The smallest absolute Gasteiger partial charge is 0.201 e. The summed E-state index contributed by atoms with van der Waals surface area (Å²) >= 11 is 1.65. The van der Waals surface area contributed by atoms with E-state index in [1.165, 1.54) is 0 Å². The topological polar surface area (TPSA) is 49.8 Å². The van der Waals surface area contributed by atoms with Crippen molar-refractivity contribution in [3.63, 3.8) is 0 Å². The molecule has 9 heteroatoms. The minimum Gasteiger partial charge on any atom is -0.482 e. The third-order valence-electron chi connectivity index (χ3n) is 11.4. The summed E-state index contributed by atoms with van der Waals surface area (Å²) in [5.41, 5.74) is 5.16. The van der Waals surface area contributed by atoms with E-state index >= 15 is 0 Å². The molecule has 1 aromatic heterocycles. The van der Waals surface area contributed by atoms with Crippen LogP contribution in [0, 0.1) is 6.92 Å². The number of hydrogen-bond acceptors (Lipinski definition) is 6. The molecule has 0 fully saturated rings. The van der Waals surface area contributed by atoms with E-state index in [0.717, 1.165) is 16.5 Å². The van der Waals surface area contributed by atoms with Gasteiger partial charge in [-0.05, 0) is 62.9 Å². The van der Waals surface area contributed by atoms with Crippen LogP contribution < -0.4 is 0 Å². The summed E-state index contributed by atoms with van der Waals surface area (Å²) in [6.45, 7) is 45.2. The lowest BCUT2D eigenvalue weighted by molar-refractivity contribution is -0.0620. The fourth-order valence-electron chi connectivity index (χ4n) is 9.70. The van der Waals surface area contributed by atoms with Crippen molar-refractivity contribution in [3.05, 3.63) is 22.2 Å². The zero-order chi connectivity index (χ0) is 35.5. The minimum atomic E-state index is -2.32. The molecule has 46 heavy (non-hydrogen) atoms. The number of aromatic nitrogens is 1. The third kappa shape index (κ3) is 8.18. The molecule has 2 rings (SSSR count). The van der Waals surface area contributed by atoms with Gasteiger partial charge in [-0.15, -0.1) is 11.3 Å². The first-order chi connectivity index (χ1) is 21.1. The average Bonchev–Trinajstić information content (AvgIpc) is 3.35. The first-order valence-corrected chi connectivity index (χ1v) is 25.7. The monoisotopic (exact) mass is 711 g/mol. The molecule has 0 radical (unpaired) electrons. The summed E-state index contributed by atoms with van der Waals surface area (Å²) in [6.07, 6.45) is 1.45. The van der Waals surface area contributed by atoms with E-state index in [4.69, 9.17) is 23.0 Å². The molecule has 0 saturated carbocycles. The highest BCUT2D eigenvalue weighted by molar-refractivity contribution is 7.10. The molecule has 1 aliphatic rings. The van der Waals surface area contributed by atoms with E-state index in [9.17, 15) is 0 Å².